The van der Waals surface area contributed by atoms with Gasteiger partial charge in [-0.05, 0) is 24.6 Å². The van der Waals surface area contributed by atoms with Gasteiger partial charge in [0.15, 0.2) is 18.3 Å². The monoisotopic (exact) mass is 283 g/mol. The van der Waals surface area contributed by atoms with Gasteiger partial charge in [0.1, 0.15) is 0 Å². The van der Waals surface area contributed by atoms with Crippen molar-refractivity contribution in [2.75, 3.05) is 13.4 Å². The van der Waals surface area contributed by atoms with Gasteiger partial charge in [-0.3, -0.25) is 0 Å². The first-order valence-electron chi connectivity index (χ1n) is 6.75. The Kier molecular flexibility index (Phi) is 5.62. The van der Waals surface area contributed by atoms with Crippen LogP contribution in [0.5, 0.6) is 11.5 Å². The van der Waals surface area contributed by atoms with Crippen molar-refractivity contribution in [3.63, 3.8) is 0 Å². The van der Waals surface area contributed by atoms with E-state index < -0.39 is 0 Å². The molecule has 21 heavy (non-hydrogen) atoms. The molecule has 0 aliphatic heterocycles. The zero-order valence-electron chi connectivity index (χ0n) is 11.9. The van der Waals surface area contributed by atoms with E-state index in [1.807, 2.05) is 37.3 Å². The highest BCUT2D eigenvalue weighted by atomic mass is 16.7. The fraction of sp³-hybridized carbons (Fsp3) is 0.235. The predicted molar refractivity (Wildman–Crippen MR) is 79.1 cm³/mol. The molecule has 0 radical (unpaired) electrons. The average Bonchev–Trinajstić information content (AvgIpc) is 2.54. The summed E-state index contributed by atoms with van der Waals surface area (Å²) in [7, 11) is 0. The molecule has 4 nitrogen and oxygen atoms in total. The molecule has 0 atom stereocenters. The number of benzene rings is 2. The van der Waals surface area contributed by atoms with E-state index in [0.717, 1.165) is 5.56 Å². The van der Waals surface area contributed by atoms with Crippen LogP contribution in [-0.2, 0) is 11.3 Å². The number of rotatable bonds is 7. The summed E-state index contributed by atoms with van der Waals surface area (Å²) in [6.07, 6.45) is 0. The first kappa shape index (κ1) is 14.9. The van der Waals surface area contributed by atoms with Gasteiger partial charge < -0.3 is 14.2 Å². The molecule has 0 aliphatic rings. The fourth-order valence-corrected chi connectivity index (χ4v) is 1.80. The lowest BCUT2D eigenvalue weighted by atomic mass is 10.2. The lowest BCUT2D eigenvalue weighted by molar-refractivity contribution is 0.00350. The maximum Gasteiger partial charge on any atom is 0.189 e. The number of hydrogen-bond acceptors (Lipinski definition) is 4. The van der Waals surface area contributed by atoms with Gasteiger partial charge in [-0.1, -0.05) is 30.3 Å². The third-order valence-electron chi connectivity index (χ3n) is 2.78. The smallest absolute Gasteiger partial charge is 0.189 e. The van der Waals surface area contributed by atoms with Crippen molar-refractivity contribution in [3.05, 3.63) is 59.7 Å². The van der Waals surface area contributed by atoms with Gasteiger partial charge in [-0.25, -0.2) is 0 Å². The van der Waals surface area contributed by atoms with Crippen LogP contribution < -0.4 is 9.47 Å². The van der Waals surface area contributed by atoms with Crippen LogP contribution in [0.3, 0.4) is 0 Å². The van der Waals surface area contributed by atoms with Crippen LogP contribution in [0, 0.1) is 11.3 Å². The summed E-state index contributed by atoms with van der Waals surface area (Å²) < 4.78 is 16.5. The minimum atomic E-state index is 0.126. The summed E-state index contributed by atoms with van der Waals surface area (Å²) in [5, 5.41) is 8.89. The summed E-state index contributed by atoms with van der Waals surface area (Å²) in [4.78, 5) is 0. The van der Waals surface area contributed by atoms with Crippen molar-refractivity contribution in [3.8, 4) is 17.6 Å². The molecule has 0 saturated carbocycles. The van der Waals surface area contributed by atoms with Gasteiger partial charge in [-0.15, -0.1) is 0 Å². The van der Waals surface area contributed by atoms with E-state index in [1.165, 1.54) is 0 Å². The first-order valence-corrected chi connectivity index (χ1v) is 6.75. The normalized spacial score (nSPS) is 9.90. The molecule has 108 valence electrons. The summed E-state index contributed by atoms with van der Waals surface area (Å²) in [5.41, 5.74) is 1.63. The van der Waals surface area contributed by atoms with Gasteiger partial charge in [-0.2, -0.15) is 5.26 Å². The second-order valence-corrected chi connectivity index (χ2v) is 4.30. The molecule has 0 heterocycles. The molecule has 0 aromatic heterocycles. The first-order chi connectivity index (χ1) is 10.3. The van der Waals surface area contributed by atoms with E-state index in [0.29, 0.717) is 30.3 Å². The number of ether oxygens (including phenoxy) is 3. The minimum Gasteiger partial charge on any atom is -0.490 e. The van der Waals surface area contributed by atoms with Crippen molar-refractivity contribution in [2.45, 2.75) is 13.5 Å². The number of nitriles is 1. The zero-order chi connectivity index (χ0) is 14.9. The Morgan fingerprint density at radius 2 is 1.81 bits per heavy atom. The molecular weight excluding hydrogens is 266 g/mol. The maximum absolute atomic E-state index is 8.89. The van der Waals surface area contributed by atoms with Gasteiger partial charge in [0.05, 0.1) is 24.8 Å². The molecular formula is C17H17NO3. The lowest BCUT2D eigenvalue weighted by Gasteiger charge is -2.12. The molecule has 0 unspecified atom stereocenters. The molecule has 0 N–H and O–H groups in total. The van der Waals surface area contributed by atoms with Gasteiger partial charge in [0, 0.05) is 6.07 Å². The zero-order valence-corrected chi connectivity index (χ0v) is 11.9. The van der Waals surface area contributed by atoms with E-state index in [4.69, 9.17) is 19.5 Å². The highest BCUT2D eigenvalue weighted by molar-refractivity contribution is 5.46. The second kappa shape index (κ2) is 7.93. The molecule has 0 spiro atoms. The fourth-order valence-electron chi connectivity index (χ4n) is 1.80. The molecule has 2 aromatic rings. The van der Waals surface area contributed by atoms with E-state index in [-0.39, 0.29) is 6.79 Å². The molecule has 0 aliphatic carbocycles. The van der Waals surface area contributed by atoms with Crippen LogP contribution >= 0.6 is 0 Å². The quantitative estimate of drug-likeness (QED) is 0.576. The molecule has 0 fully saturated rings. The van der Waals surface area contributed by atoms with Crippen LogP contribution in [0.15, 0.2) is 48.5 Å². The highest BCUT2D eigenvalue weighted by Crippen LogP contribution is 2.28. The molecule has 2 rings (SSSR count). The number of hydrogen-bond donors (Lipinski definition) is 0. The van der Waals surface area contributed by atoms with Crippen LogP contribution in [0.25, 0.3) is 0 Å². The topological polar surface area (TPSA) is 51.5 Å². The van der Waals surface area contributed by atoms with Gasteiger partial charge in [0.25, 0.3) is 0 Å². The second-order valence-electron chi connectivity index (χ2n) is 4.30. The standard InChI is InChI=1S/C17H17NO3/c1-2-20-17-10-15(11-18)8-9-16(17)21-13-19-12-14-6-4-3-5-7-14/h3-10H,2,12-13H2,1H3. The summed E-state index contributed by atoms with van der Waals surface area (Å²) in [5.74, 6) is 1.13. The SMILES string of the molecule is CCOc1cc(C#N)ccc1OCOCc1ccccc1. The summed E-state index contributed by atoms with van der Waals surface area (Å²) in [6, 6.07) is 17.0. The van der Waals surface area contributed by atoms with Crippen LogP contribution in [0.2, 0.25) is 0 Å². The summed E-state index contributed by atoms with van der Waals surface area (Å²) >= 11 is 0. The van der Waals surface area contributed by atoms with Gasteiger partial charge in [0.2, 0.25) is 0 Å². The Labute approximate surface area is 124 Å². The molecule has 0 saturated heterocycles. The van der Waals surface area contributed by atoms with Crippen LogP contribution in [-0.4, -0.2) is 13.4 Å². The average molecular weight is 283 g/mol. The van der Waals surface area contributed by atoms with Crippen LogP contribution in [0.1, 0.15) is 18.1 Å². The summed E-state index contributed by atoms with van der Waals surface area (Å²) in [6.45, 7) is 3.01. The van der Waals surface area contributed by atoms with Crippen molar-refractivity contribution < 1.29 is 14.2 Å². The Balaban J connectivity index is 1.89. The van der Waals surface area contributed by atoms with Gasteiger partial charge >= 0.3 is 0 Å². The largest absolute Gasteiger partial charge is 0.490 e. The van der Waals surface area contributed by atoms with Crippen LogP contribution in [0.4, 0.5) is 0 Å². The van der Waals surface area contributed by atoms with E-state index >= 15 is 0 Å². The van der Waals surface area contributed by atoms with Crippen molar-refractivity contribution in [1.29, 1.82) is 5.26 Å². The Hall–Kier alpha value is -2.51. The molecule has 4 heteroatoms. The Morgan fingerprint density at radius 1 is 1.00 bits per heavy atom. The molecule has 2 aromatic carbocycles. The highest BCUT2D eigenvalue weighted by Gasteiger charge is 2.06. The Bertz CT molecular complexity index is 605. The molecule has 0 amide bonds. The van der Waals surface area contributed by atoms with E-state index in [1.54, 1.807) is 18.2 Å². The minimum absolute atomic E-state index is 0.126. The Morgan fingerprint density at radius 3 is 2.52 bits per heavy atom. The number of nitrogens with zero attached hydrogens (tertiary/aromatic N) is 1. The molecule has 0 bridgehead atoms. The lowest BCUT2D eigenvalue weighted by Crippen LogP contribution is -2.05. The van der Waals surface area contributed by atoms with E-state index in [2.05, 4.69) is 6.07 Å². The third-order valence-corrected chi connectivity index (χ3v) is 2.78. The maximum atomic E-state index is 8.89. The third kappa shape index (κ3) is 4.51. The van der Waals surface area contributed by atoms with E-state index in [9.17, 15) is 0 Å². The van der Waals surface area contributed by atoms with Crippen molar-refractivity contribution in [1.82, 2.24) is 0 Å². The van der Waals surface area contributed by atoms with Crippen molar-refractivity contribution >= 4 is 0 Å². The van der Waals surface area contributed by atoms with Crippen molar-refractivity contribution in [2.24, 2.45) is 0 Å². The predicted octanol–water partition coefficient (Wildman–Crippen LogP) is 3.51.